The van der Waals surface area contributed by atoms with Crippen molar-refractivity contribution in [1.82, 2.24) is 15.0 Å². The van der Waals surface area contributed by atoms with Crippen molar-refractivity contribution in [2.45, 2.75) is 6.42 Å². The van der Waals surface area contributed by atoms with Gasteiger partial charge in [0, 0.05) is 28.4 Å². The number of nitro benzene ring substituents is 1. The Morgan fingerprint density at radius 1 is 1.44 bits per heavy atom. The van der Waals surface area contributed by atoms with Gasteiger partial charge in [-0.25, -0.2) is 4.68 Å². The molecular weight excluding hydrogens is 368 g/mol. The first-order chi connectivity index (χ1) is 8.61. The first-order valence-corrected chi connectivity index (χ1v) is 6.95. The summed E-state index contributed by atoms with van der Waals surface area (Å²) in [6.45, 7) is 0. The molecule has 0 aliphatic carbocycles. The average molecular weight is 376 g/mol. The molecule has 0 saturated carbocycles. The molecule has 0 unspecified atom stereocenters. The van der Waals surface area contributed by atoms with Crippen LogP contribution in [0.25, 0.3) is 5.69 Å². The van der Waals surface area contributed by atoms with E-state index in [0.29, 0.717) is 5.69 Å². The Morgan fingerprint density at radius 3 is 2.89 bits per heavy atom. The highest BCUT2D eigenvalue weighted by Crippen LogP contribution is 2.25. The molecule has 0 spiro atoms. The van der Waals surface area contributed by atoms with Gasteiger partial charge in [-0.1, -0.05) is 21.1 Å². The Bertz CT molecular complexity index is 585. The van der Waals surface area contributed by atoms with E-state index in [1.165, 1.54) is 16.8 Å². The monoisotopic (exact) mass is 374 g/mol. The van der Waals surface area contributed by atoms with Crippen LogP contribution < -0.4 is 0 Å². The lowest BCUT2D eigenvalue weighted by Gasteiger charge is -2.02. The number of benzene rings is 1. The molecule has 0 fully saturated rings. The maximum absolute atomic E-state index is 10.7. The van der Waals surface area contributed by atoms with Gasteiger partial charge in [0.1, 0.15) is 0 Å². The molecule has 2 rings (SSSR count). The zero-order chi connectivity index (χ0) is 13.1. The molecule has 0 aliphatic rings. The molecule has 1 aromatic carbocycles. The van der Waals surface area contributed by atoms with Crippen molar-refractivity contribution in [1.29, 1.82) is 0 Å². The van der Waals surface area contributed by atoms with E-state index < -0.39 is 4.92 Å². The molecule has 0 amide bonds. The van der Waals surface area contributed by atoms with Crippen LogP contribution in [0.2, 0.25) is 0 Å². The summed E-state index contributed by atoms with van der Waals surface area (Å²) < 4.78 is 2.25. The van der Waals surface area contributed by atoms with Gasteiger partial charge >= 0.3 is 0 Å². The Morgan fingerprint density at radius 2 is 2.22 bits per heavy atom. The van der Waals surface area contributed by atoms with Gasteiger partial charge in [-0.05, 0) is 22.0 Å². The maximum Gasteiger partial charge on any atom is 0.271 e. The second-order valence-electron chi connectivity index (χ2n) is 3.49. The SMILES string of the molecule is O=[N+]([O-])c1ccc(Br)c(-n2cc(CCBr)nn2)c1. The Labute approximate surface area is 119 Å². The summed E-state index contributed by atoms with van der Waals surface area (Å²) >= 11 is 6.67. The number of alkyl halides is 1. The lowest BCUT2D eigenvalue weighted by molar-refractivity contribution is -0.384. The van der Waals surface area contributed by atoms with Gasteiger partial charge in [-0.15, -0.1) is 5.10 Å². The normalized spacial score (nSPS) is 10.6. The lowest BCUT2D eigenvalue weighted by atomic mass is 10.3. The van der Waals surface area contributed by atoms with E-state index in [-0.39, 0.29) is 5.69 Å². The molecule has 1 heterocycles. The van der Waals surface area contributed by atoms with Gasteiger partial charge in [-0.3, -0.25) is 10.1 Å². The van der Waals surface area contributed by atoms with Gasteiger partial charge in [0.05, 0.1) is 22.5 Å². The van der Waals surface area contributed by atoms with Crippen molar-refractivity contribution in [2.75, 3.05) is 5.33 Å². The van der Waals surface area contributed by atoms with Crippen LogP contribution in [-0.4, -0.2) is 25.2 Å². The lowest BCUT2D eigenvalue weighted by Crippen LogP contribution is -1.98. The van der Waals surface area contributed by atoms with E-state index in [1.54, 1.807) is 12.3 Å². The van der Waals surface area contributed by atoms with Gasteiger partial charge in [0.2, 0.25) is 0 Å². The Balaban J connectivity index is 2.41. The van der Waals surface area contributed by atoms with E-state index in [1.807, 2.05) is 0 Å². The summed E-state index contributed by atoms with van der Waals surface area (Å²) in [4.78, 5) is 10.3. The van der Waals surface area contributed by atoms with E-state index in [4.69, 9.17) is 0 Å². The van der Waals surface area contributed by atoms with Gasteiger partial charge in [0.25, 0.3) is 5.69 Å². The summed E-state index contributed by atoms with van der Waals surface area (Å²) in [7, 11) is 0. The molecule has 94 valence electrons. The minimum Gasteiger partial charge on any atom is -0.258 e. The van der Waals surface area contributed by atoms with Crippen molar-refractivity contribution in [3.05, 3.63) is 44.7 Å². The molecule has 1 aromatic heterocycles. The van der Waals surface area contributed by atoms with Crippen molar-refractivity contribution in [3.8, 4) is 5.69 Å². The van der Waals surface area contributed by atoms with Gasteiger partial charge in [0.15, 0.2) is 0 Å². The fraction of sp³-hybridized carbons (Fsp3) is 0.200. The zero-order valence-corrected chi connectivity index (χ0v) is 12.3. The number of aromatic nitrogens is 3. The number of hydrogen-bond acceptors (Lipinski definition) is 4. The molecule has 8 heteroatoms. The third-order valence-electron chi connectivity index (χ3n) is 2.28. The number of rotatable bonds is 4. The van der Waals surface area contributed by atoms with E-state index in [0.717, 1.165) is 21.9 Å². The predicted molar refractivity (Wildman–Crippen MR) is 73.2 cm³/mol. The molecule has 0 radical (unpaired) electrons. The second-order valence-corrected chi connectivity index (χ2v) is 5.13. The van der Waals surface area contributed by atoms with Gasteiger partial charge < -0.3 is 0 Å². The van der Waals surface area contributed by atoms with E-state index in [2.05, 4.69) is 42.2 Å². The molecule has 18 heavy (non-hydrogen) atoms. The first kappa shape index (κ1) is 13.2. The van der Waals surface area contributed by atoms with Crippen LogP contribution in [0.3, 0.4) is 0 Å². The standard InChI is InChI=1S/C10H8Br2N4O2/c11-4-3-7-6-15(14-13-7)10-5-8(16(17)18)1-2-9(10)12/h1-2,5-6H,3-4H2. The van der Waals surface area contributed by atoms with Crippen molar-refractivity contribution in [3.63, 3.8) is 0 Å². The molecule has 2 aromatic rings. The number of nitro groups is 1. The fourth-order valence-electron chi connectivity index (χ4n) is 1.42. The molecule has 0 N–H and O–H groups in total. The smallest absolute Gasteiger partial charge is 0.258 e. The highest BCUT2D eigenvalue weighted by Gasteiger charge is 2.12. The van der Waals surface area contributed by atoms with E-state index in [9.17, 15) is 10.1 Å². The topological polar surface area (TPSA) is 73.8 Å². The van der Waals surface area contributed by atoms with Crippen LogP contribution in [0.1, 0.15) is 5.69 Å². The summed E-state index contributed by atoms with van der Waals surface area (Å²) in [6.07, 6.45) is 2.51. The van der Waals surface area contributed by atoms with Crippen LogP contribution in [0.15, 0.2) is 28.9 Å². The van der Waals surface area contributed by atoms with Crippen LogP contribution >= 0.6 is 31.9 Å². The minimum atomic E-state index is -0.438. The number of hydrogen-bond donors (Lipinski definition) is 0. The zero-order valence-electron chi connectivity index (χ0n) is 9.08. The first-order valence-electron chi connectivity index (χ1n) is 5.03. The molecule has 6 nitrogen and oxygen atoms in total. The highest BCUT2D eigenvalue weighted by atomic mass is 79.9. The third-order valence-corrected chi connectivity index (χ3v) is 3.35. The quantitative estimate of drug-likeness (QED) is 0.467. The maximum atomic E-state index is 10.7. The van der Waals surface area contributed by atoms with Crippen molar-refractivity contribution in [2.24, 2.45) is 0 Å². The average Bonchev–Trinajstić information content (AvgIpc) is 2.78. The number of aryl methyl sites for hydroxylation is 1. The predicted octanol–water partition coefficient (Wildman–Crippen LogP) is 2.88. The van der Waals surface area contributed by atoms with Crippen LogP contribution in [0.5, 0.6) is 0 Å². The molecular formula is C10H8Br2N4O2. The fourth-order valence-corrected chi connectivity index (χ4v) is 2.25. The summed E-state index contributed by atoms with van der Waals surface area (Å²) in [5.74, 6) is 0. The minimum absolute atomic E-state index is 0.0192. The Hall–Kier alpha value is -1.28. The van der Waals surface area contributed by atoms with Crippen LogP contribution in [0, 0.1) is 10.1 Å². The number of non-ortho nitro benzene ring substituents is 1. The molecule has 0 bridgehead atoms. The summed E-state index contributed by atoms with van der Waals surface area (Å²) in [5.41, 5.74) is 1.44. The third kappa shape index (κ3) is 2.75. The van der Waals surface area contributed by atoms with Gasteiger partial charge in [-0.2, -0.15) is 0 Å². The molecule has 0 saturated heterocycles. The molecule has 0 aliphatic heterocycles. The summed E-state index contributed by atoms with van der Waals surface area (Å²) in [6, 6.07) is 4.51. The largest absolute Gasteiger partial charge is 0.271 e. The van der Waals surface area contributed by atoms with Crippen molar-refractivity contribution < 1.29 is 4.92 Å². The molecule has 0 atom stereocenters. The Kier molecular flexibility index (Phi) is 4.07. The van der Waals surface area contributed by atoms with Crippen LogP contribution in [-0.2, 0) is 6.42 Å². The van der Waals surface area contributed by atoms with Crippen molar-refractivity contribution >= 4 is 37.5 Å². The number of nitrogens with zero attached hydrogens (tertiary/aromatic N) is 4. The highest BCUT2D eigenvalue weighted by molar-refractivity contribution is 9.10. The van der Waals surface area contributed by atoms with E-state index >= 15 is 0 Å². The second kappa shape index (κ2) is 5.57. The van der Waals surface area contributed by atoms with Crippen LogP contribution in [0.4, 0.5) is 5.69 Å². The number of halogens is 2. The summed E-state index contributed by atoms with van der Waals surface area (Å²) in [5, 5.41) is 19.5.